The summed E-state index contributed by atoms with van der Waals surface area (Å²) < 4.78 is 5.61. The molecule has 0 bridgehead atoms. The van der Waals surface area contributed by atoms with E-state index in [0.29, 0.717) is 18.0 Å². The molecule has 18 heavy (non-hydrogen) atoms. The maximum atomic E-state index is 12.1. The Kier molecular flexibility index (Phi) is 4.37. The monoisotopic (exact) mass is 247 g/mol. The molecule has 0 heterocycles. The van der Waals surface area contributed by atoms with E-state index in [-0.39, 0.29) is 12.1 Å². The Morgan fingerprint density at radius 2 is 2.17 bits per heavy atom. The van der Waals surface area contributed by atoms with Crippen molar-refractivity contribution in [3.05, 3.63) is 35.4 Å². The molecule has 2 atom stereocenters. The van der Waals surface area contributed by atoms with Crippen molar-refractivity contribution in [1.29, 1.82) is 0 Å². The van der Waals surface area contributed by atoms with E-state index in [9.17, 15) is 4.79 Å². The normalized spacial score (nSPS) is 23.7. The van der Waals surface area contributed by atoms with Gasteiger partial charge in [0, 0.05) is 6.54 Å². The Morgan fingerprint density at radius 1 is 1.39 bits per heavy atom. The summed E-state index contributed by atoms with van der Waals surface area (Å²) in [6.07, 6.45) is 4.63. The van der Waals surface area contributed by atoms with Crippen molar-refractivity contribution < 1.29 is 9.53 Å². The highest BCUT2D eigenvalue weighted by atomic mass is 16.5. The molecular weight excluding hydrogens is 226 g/mol. The number of carbonyl (C=O) groups excluding carboxylic acids is 1. The van der Waals surface area contributed by atoms with E-state index in [1.54, 1.807) is 6.07 Å². The van der Waals surface area contributed by atoms with Gasteiger partial charge in [-0.2, -0.15) is 0 Å². The summed E-state index contributed by atoms with van der Waals surface area (Å²) in [5.74, 6) is 0.254. The SMILES string of the molecule is CC1CCCCC1OC(=O)c1cccc(CN)c1. The van der Waals surface area contributed by atoms with E-state index in [4.69, 9.17) is 10.5 Å². The van der Waals surface area contributed by atoms with Gasteiger partial charge in [0.25, 0.3) is 0 Å². The summed E-state index contributed by atoms with van der Waals surface area (Å²) in [6.45, 7) is 2.61. The molecule has 2 rings (SSSR count). The van der Waals surface area contributed by atoms with Crippen molar-refractivity contribution in [1.82, 2.24) is 0 Å². The number of hydrogen-bond acceptors (Lipinski definition) is 3. The fraction of sp³-hybridized carbons (Fsp3) is 0.533. The maximum Gasteiger partial charge on any atom is 0.338 e. The van der Waals surface area contributed by atoms with Gasteiger partial charge in [0.1, 0.15) is 6.10 Å². The number of hydrogen-bond donors (Lipinski definition) is 1. The van der Waals surface area contributed by atoms with Crippen LogP contribution in [0.25, 0.3) is 0 Å². The predicted molar refractivity (Wildman–Crippen MR) is 71.2 cm³/mol. The van der Waals surface area contributed by atoms with Gasteiger partial charge >= 0.3 is 5.97 Å². The van der Waals surface area contributed by atoms with E-state index in [1.807, 2.05) is 18.2 Å². The molecule has 0 saturated heterocycles. The third-order valence-electron chi connectivity index (χ3n) is 3.69. The first-order chi connectivity index (χ1) is 8.70. The van der Waals surface area contributed by atoms with Crippen LogP contribution in [0.1, 0.15) is 48.5 Å². The van der Waals surface area contributed by atoms with Crippen LogP contribution in [0, 0.1) is 5.92 Å². The van der Waals surface area contributed by atoms with E-state index in [2.05, 4.69) is 6.92 Å². The molecule has 1 aliphatic rings. The zero-order valence-electron chi connectivity index (χ0n) is 10.9. The van der Waals surface area contributed by atoms with Crippen LogP contribution in [-0.2, 0) is 11.3 Å². The Balaban J connectivity index is 2.02. The van der Waals surface area contributed by atoms with Crippen molar-refractivity contribution in [2.45, 2.75) is 45.3 Å². The summed E-state index contributed by atoms with van der Waals surface area (Å²) in [5, 5.41) is 0. The fourth-order valence-corrected chi connectivity index (χ4v) is 2.49. The molecule has 0 radical (unpaired) electrons. The van der Waals surface area contributed by atoms with Crippen LogP contribution in [0.3, 0.4) is 0 Å². The van der Waals surface area contributed by atoms with Crippen LogP contribution in [0.4, 0.5) is 0 Å². The lowest BCUT2D eigenvalue weighted by Gasteiger charge is -2.28. The number of esters is 1. The number of carbonyl (C=O) groups is 1. The molecule has 1 aliphatic carbocycles. The Labute approximate surface area is 108 Å². The molecule has 1 aromatic carbocycles. The van der Waals surface area contributed by atoms with Crippen LogP contribution >= 0.6 is 0 Å². The van der Waals surface area contributed by atoms with E-state index >= 15 is 0 Å². The summed E-state index contributed by atoms with van der Waals surface area (Å²) in [5.41, 5.74) is 7.14. The van der Waals surface area contributed by atoms with Gasteiger partial charge in [-0.3, -0.25) is 0 Å². The zero-order valence-corrected chi connectivity index (χ0v) is 10.9. The topological polar surface area (TPSA) is 52.3 Å². The van der Waals surface area contributed by atoms with Gasteiger partial charge in [0.05, 0.1) is 5.56 Å². The second-order valence-electron chi connectivity index (χ2n) is 5.11. The van der Waals surface area contributed by atoms with E-state index in [0.717, 1.165) is 24.8 Å². The molecule has 0 amide bonds. The minimum atomic E-state index is -0.218. The van der Waals surface area contributed by atoms with Crippen LogP contribution in [-0.4, -0.2) is 12.1 Å². The molecule has 3 heteroatoms. The molecule has 2 N–H and O–H groups in total. The maximum absolute atomic E-state index is 12.1. The lowest BCUT2D eigenvalue weighted by Crippen LogP contribution is -2.28. The molecule has 98 valence electrons. The van der Waals surface area contributed by atoms with Crippen molar-refractivity contribution in [3.63, 3.8) is 0 Å². The molecule has 0 aromatic heterocycles. The van der Waals surface area contributed by atoms with Crippen molar-refractivity contribution in [3.8, 4) is 0 Å². The predicted octanol–water partition coefficient (Wildman–Crippen LogP) is 2.88. The average molecular weight is 247 g/mol. The minimum absolute atomic E-state index is 0.0767. The van der Waals surface area contributed by atoms with Crippen LogP contribution in [0.15, 0.2) is 24.3 Å². The summed E-state index contributed by atoms with van der Waals surface area (Å²) in [6, 6.07) is 7.37. The average Bonchev–Trinajstić information content (AvgIpc) is 2.41. The third-order valence-corrected chi connectivity index (χ3v) is 3.69. The minimum Gasteiger partial charge on any atom is -0.459 e. The van der Waals surface area contributed by atoms with Gasteiger partial charge in [-0.25, -0.2) is 4.79 Å². The highest BCUT2D eigenvalue weighted by Crippen LogP contribution is 2.27. The quantitative estimate of drug-likeness (QED) is 0.836. The standard InChI is InChI=1S/C15H21NO2/c1-11-5-2-3-8-14(11)18-15(17)13-7-4-6-12(9-13)10-16/h4,6-7,9,11,14H,2-3,5,8,10,16H2,1H3. The lowest BCUT2D eigenvalue weighted by atomic mass is 9.88. The molecule has 0 spiro atoms. The fourth-order valence-electron chi connectivity index (χ4n) is 2.49. The van der Waals surface area contributed by atoms with E-state index in [1.165, 1.54) is 6.42 Å². The largest absolute Gasteiger partial charge is 0.459 e. The van der Waals surface area contributed by atoms with Gasteiger partial charge in [0.2, 0.25) is 0 Å². The second kappa shape index (κ2) is 6.01. The van der Waals surface area contributed by atoms with Crippen molar-refractivity contribution >= 4 is 5.97 Å². The van der Waals surface area contributed by atoms with Crippen molar-refractivity contribution in [2.75, 3.05) is 0 Å². The molecule has 0 aliphatic heterocycles. The molecule has 2 unspecified atom stereocenters. The molecule has 1 aromatic rings. The number of benzene rings is 1. The van der Waals surface area contributed by atoms with Gasteiger partial charge in [-0.1, -0.05) is 25.5 Å². The number of ether oxygens (including phenoxy) is 1. The van der Waals surface area contributed by atoms with Gasteiger partial charge in [-0.05, 0) is 42.9 Å². The van der Waals surface area contributed by atoms with Gasteiger partial charge in [0.15, 0.2) is 0 Å². The Bertz CT molecular complexity index is 417. The Morgan fingerprint density at radius 3 is 2.89 bits per heavy atom. The van der Waals surface area contributed by atoms with Crippen LogP contribution in [0.5, 0.6) is 0 Å². The lowest BCUT2D eigenvalue weighted by molar-refractivity contribution is 0.00480. The molecule has 1 fully saturated rings. The first-order valence-electron chi connectivity index (χ1n) is 6.70. The molecular formula is C15H21NO2. The van der Waals surface area contributed by atoms with Gasteiger partial charge < -0.3 is 10.5 Å². The third kappa shape index (κ3) is 3.10. The zero-order chi connectivity index (χ0) is 13.0. The highest BCUT2D eigenvalue weighted by Gasteiger charge is 2.25. The smallest absolute Gasteiger partial charge is 0.338 e. The summed E-state index contributed by atoms with van der Waals surface area (Å²) in [4.78, 5) is 12.1. The number of nitrogens with two attached hydrogens (primary N) is 1. The molecule has 3 nitrogen and oxygen atoms in total. The van der Waals surface area contributed by atoms with E-state index < -0.39 is 0 Å². The summed E-state index contributed by atoms with van der Waals surface area (Å²) >= 11 is 0. The first-order valence-corrected chi connectivity index (χ1v) is 6.70. The number of rotatable bonds is 3. The van der Waals surface area contributed by atoms with Gasteiger partial charge in [-0.15, -0.1) is 0 Å². The molecule has 1 saturated carbocycles. The Hall–Kier alpha value is -1.35. The van der Waals surface area contributed by atoms with Crippen LogP contribution < -0.4 is 5.73 Å². The summed E-state index contributed by atoms with van der Waals surface area (Å²) in [7, 11) is 0. The first kappa shape index (κ1) is 13.1. The van der Waals surface area contributed by atoms with Crippen molar-refractivity contribution in [2.24, 2.45) is 11.7 Å². The van der Waals surface area contributed by atoms with Crippen LogP contribution in [0.2, 0.25) is 0 Å². The highest BCUT2D eigenvalue weighted by molar-refractivity contribution is 5.89. The second-order valence-corrected chi connectivity index (χ2v) is 5.11.